The lowest BCUT2D eigenvalue weighted by atomic mass is 9.96. The summed E-state index contributed by atoms with van der Waals surface area (Å²) < 4.78 is 5.23. The first kappa shape index (κ1) is 16.4. The van der Waals surface area contributed by atoms with E-state index in [9.17, 15) is 15.2 Å². The third-order valence-corrected chi connectivity index (χ3v) is 5.61. The van der Waals surface area contributed by atoms with Crippen molar-refractivity contribution in [2.75, 3.05) is 5.32 Å². The number of carbonyl (C=O) groups excluding carboxylic acids is 1. The molecule has 3 aromatic rings. The molecule has 0 unspecified atom stereocenters. The molecule has 1 aliphatic carbocycles. The molecule has 1 amide bonds. The van der Waals surface area contributed by atoms with Crippen LogP contribution in [0.1, 0.15) is 39.3 Å². The second-order valence-electron chi connectivity index (χ2n) is 6.10. The van der Waals surface area contributed by atoms with Gasteiger partial charge in [-0.1, -0.05) is 5.16 Å². The van der Waals surface area contributed by atoms with Gasteiger partial charge in [-0.25, -0.2) is 0 Å². The molecular weight excluding hydrogens is 350 g/mol. The average molecular weight is 365 g/mol. The third-order valence-electron chi connectivity index (χ3n) is 4.40. The highest BCUT2D eigenvalue weighted by Gasteiger charge is 2.23. The number of thiophene rings is 1. The van der Waals surface area contributed by atoms with Gasteiger partial charge in [-0.3, -0.25) is 4.79 Å². The molecule has 2 aromatic heterocycles. The summed E-state index contributed by atoms with van der Waals surface area (Å²) in [4.78, 5) is 13.7. The Hall–Kier alpha value is -3.11. The Labute approximate surface area is 153 Å². The summed E-state index contributed by atoms with van der Waals surface area (Å²) in [6.45, 7) is 0. The number of phenolic OH excluding ortho intramolecular Hbond substituents is 1. The number of phenols is 1. The van der Waals surface area contributed by atoms with Gasteiger partial charge in [0.1, 0.15) is 16.8 Å². The smallest absolute Gasteiger partial charge is 0.278 e. The molecule has 0 bridgehead atoms. The fourth-order valence-electron chi connectivity index (χ4n) is 3.08. The minimum atomic E-state index is -0.408. The molecule has 130 valence electrons. The second kappa shape index (κ2) is 6.65. The Morgan fingerprint density at radius 3 is 2.81 bits per heavy atom. The van der Waals surface area contributed by atoms with E-state index in [2.05, 4.69) is 16.5 Å². The summed E-state index contributed by atoms with van der Waals surface area (Å²) in [6.07, 6.45) is 4.04. The highest BCUT2D eigenvalue weighted by molar-refractivity contribution is 7.16. The van der Waals surface area contributed by atoms with Gasteiger partial charge >= 0.3 is 0 Å². The van der Waals surface area contributed by atoms with Gasteiger partial charge in [0, 0.05) is 16.5 Å². The zero-order valence-corrected chi connectivity index (χ0v) is 14.6. The van der Waals surface area contributed by atoms with Crippen molar-refractivity contribution < 1.29 is 14.4 Å². The topological polar surface area (TPSA) is 99.2 Å². The Morgan fingerprint density at radius 2 is 2.04 bits per heavy atom. The number of nitrogens with zero attached hydrogens (tertiary/aromatic N) is 2. The molecule has 26 heavy (non-hydrogen) atoms. The van der Waals surface area contributed by atoms with E-state index in [0.29, 0.717) is 21.9 Å². The summed E-state index contributed by atoms with van der Waals surface area (Å²) in [5.74, 6) is 0.173. The van der Waals surface area contributed by atoms with Gasteiger partial charge in [-0.2, -0.15) is 5.26 Å². The van der Waals surface area contributed by atoms with E-state index < -0.39 is 5.91 Å². The number of carbonyl (C=O) groups is 1. The number of nitrogens with one attached hydrogen (secondary N) is 1. The number of aryl methyl sites for hydroxylation is 1. The first-order valence-electron chi connectivity index (χ1n) is 8.28. The van der Waals surface area contributed by atoms with Crippen LogP contribution in [0.2, 0.25) is 0 Å². The maximum atomic E-state index is 12.5. The number of benzene rings is 1. The number of rotatable bonds is 3. The lowest BCUT2D eigenvalue weighted by Crippen LogP contribution is -2.12. The number of aromatic hydroxyl groups is 1. The number of amides is 1. The number of anilines is 1. The van der Waals surface area contributed by atoms with E-state index in [1.165, 1.54) is 28.3 Å². The number of hydrogen-bond acceptors (Lipinski definition) is 6. The Kier molecular flexibility index (Phi) is 4.19. The summed E-state index contributed by atoms with van der Waals surface area (Å²) in [7, 11) is 0. The number of fused-ring (bicyclic) bond motifs is 1. The van der Waals surface area contributed by atoms with Gasteiger partial charge in [0.05, 0.1) is 5.56 Å². The predicted octanol–water partition coefficient (Wildman–Crippen LogP) is 4.11. The molecule has 0 radical (unpaired) electrons. The van der Waals surface area contributed by atoms with Crippen molar-refractivity contribution in [3.8, 4) is 23.1 Å². The van der Waals surface area contributed by atoms with Crippen LogP contribution >= 0.6 is 11.3 Å². The fraction of sp³-hybridized carbons (Fsp3) is 0.211. The molecule has 2 N–H and O–H groups in total. The fourth-order valence-corrected chi connectivity index (χ4v) is 4.32. The number of aromatic nitrogens is 1. The summed E-state index contributed by atoms with van der Waals surface area (Å²) in [5.41, 5.74) is 2.49. The molecule has 1 aromatic carbocycles. The zero-order valence-electron chi connectivity index (χ0n) is 13.8. The monoisotopic (exact) mass is 365 g/mol. The molecule has 0 saturated heterocycles. The van der Waals surface area contributed by atoms with Crippen molar-refractivity contribution in [1.82, 2.24) is 5.16 Å². The van der Waals surface area contributed by atoms with Crippen LogP contribution < -0.4 is 5.32 Å². The van der Waals surface area contributed by atoms with Crippen molar-refractivity contribution >= 4 is 22.2 Å². The van der Waals surface area contributed by atoms with Gasteiger partial charge in [0.25, 0.3) is 5.91 Å². The highest BCUT2D eigenvalue weighted by Crippen LogP contribution is 2.37. The zero-order chi connectivity index (χ0) is 18.1. The van der Waals surface area contributed by atoms with Crippen LogP contribution in [-0.2, 0) is 12.8 Å². The Bertz CT molecular complexity index is 1010. The van der Waals surface area contributed by atoms with Crippen LogP contribution in [0.25, 0.3) is 11.3 Å². The predicted molar refractivity (Wildman–Crippen MR) is 97.2 cm³/mol. The quantitative estimate of drug-likeness (QED) is 0.727. The van der Waals surface area contributed by atoms with Gasteiger partial charge in [0.2, 0.25) is 0 Å². The van der Waals surface area contributed by atoms with E-state index in [1.54, 1.807) is 18.2 Å². The SMILES string of the molecule is N#Cc1c(NC(=O)c2cc(-c3ccc(O)cc3)on2)sc2c1CCCC2. The first-order chi connectivity index (χ1) is 12.7. The van der Waals surface area contributed by atoms with Gasteiger partial charge in [0.15, 0.2) is 11.5 Å². The minimum absolute atomic E-state index is 0.142. The van der Waals surface area contributed by atoms with Crippen molar-refractivity contribution in [2.45, 2.75) is 25.7 Å². The standard InChI is InChI=1S/C19H15N3O3S/c20-10-14-13-3-1-2-4-17(13)26-19(14)21-18(24)15-9-16(25-22-15)11-5-7-12(23)8-6-11/h5-9,23H,1-4H2,(H,21,24). The molecule has 0 spiro atoms. The van der Waals surface area contributed by atoms with Crippen LogP contribution in [0, 0.1) is 11.3 Å². The van der Waals surface area contributed by atoms with Crippen molar-refractivity contribution in [3.63, 3.8) is 0 Å². The molecule has 4 rings (SSSR count). The normalized spacial score (nSPS) is 13.0. The molecule has 0 fully saturated rings. The summed E-state index contributed by atoms with van der Waals surface area (Å²) in [5, 5.41) is 26.0. The van der Waals surface area contributed by atoms with E-state index in [1.807, 2.05) is 0 Å². The maximum Gasteiger partial charge on any atom is 0.278 e. The number of nitriles is 1. The largest absolute Gasteiger partial charge is 0.508 e. The van der Waals surface area contributed by atoms with Crippen LogP contribution in [0.4, 0.5) is 5.00 Å². The average Bonchev–Trinajstić information content (AvgIpc) is 3.26. The molecule has 6 nitrogen and oxygen atoms in total. The lowest BCUT2D eigenvalue weighted by Gasteiger charge is -2.09. The molecule has 0 aliphatic heterocycles. The maximum absolute atomic E-state index is 12.5. The molecule has 2 heterocycles. The molecular formula is C19H15N3O3S. The van der Waals surface area contributed by atoms with E-state index in [0.717, 1.165) is 31.2 Å². The van der Waals surface area contributed by atoms with Crippen molar-refractivity contribution in [1.29, 1.82) is 5.26 Å². The van der Waals surface area contributed by atoms with Crippen LogP contribution in [-0.4, -0.2) is 16.2 Å². The van der Waals surface area contributed by atoms with E-state index in [-0.39, 0.29) is 11.4 Å². The van der Waals surface area contributed by atoms with Crippen molar-refractivity contribution in [2.24, 2.45) is 0 Å². The Balaban J connectivity index is 1.57. The van der Waals surface area contributed by atoms with Gasteiger partial charge < -0.3 is 14.9 Å². The molecule has 0 saturated carbocycles. The van der Waals surface area contributed by atoms with Crippen molar-refractivity contribution in [3.05, 3.63) is 52.0 Å². The first-order valence-corrected chi connectivity index (χ1v) is 9.09. The van der Waals surface area contributed by atoms with E-state index >= 15 is 0 Å². The molecule has 7 heteroatoms. The molecule has 0 atom stereocenters. The highest BCUT2D eigenvalue weighted by atomic mass is 32.1. The minimum Gasteiger partial charge on any atom is -0.508 e. The summed E-state index contributed by atoms with van der Waals surface area (Å²) in [6, 6.07) is 10.2. The summed E-state index contributed by atoms with van der Waals surface area (Å²) >= 11 is 1.47. The number of hydrogen-bond donors (Lipinski definition) is 2. The van der Waals surface area contributed by atoms with Crippen LogP contribution in [0.5, 0.6) is 5.75 Å². The second-order valence-corrected chi connectivity index (χ2v) is 7.21. The van der Waals surface area contributed by atoms with Crippen LogP contribution in [0.15, 0.2) is 34.9 Å². The van der Waals surface area contributed by atoms with Gasteiger partial charge in [-0.15, -0.1) is 11.3 Å². The Morgan fingerprint density at radius 1 is 1.27 bits per heavy atom. The van der Waals surface area contributed by atoms with Gasteiger partial charge in [-0.05, 0) is 55.5 Å². The van der Waals surface area contributed by atoms with E-state index in [4.69, 9.17) is 4.52 Å². The molecule has 1 aliphatic rings. The van der Waals surface area contributed by atoms with Crippen LogP contribution in [0.3, 0.4) is 0 Å². The third kappa shape index (κ3) is 2.95. The lowest BCUT2D eigenvalue weighted by molar-refractivity contribution is 0.101.